The molecule has 0 radical (unpaired) electrons. The molecular formula is C24H29N3O2S. The summed E-state index contributed by atoms with van der Waals surface area (Å²) in [5.41, 5.74) is 2.22. The smallest absolute Gasteiger partial charge is 0.262 e. The second-order valence-corrected chi connectivity index (χ2v) is 8.54. The topological polar surface area (TPSA) is 61.4 Å². The first kappa shape index (κ1) is 22.1. The molecule has 30 heavy (non-hydrogen) atoms. The van der Waals surface area contributed by atoms with Crippen molar-refractivity contribution in [2.45, 2.75) is 31.1 Å². The number of unbranched alkanes of at least 4 members (excludes halogenated alkanes) is 1. The Bertz CT molecular complexity index is 912. The summed E-state index contributed by atoms with van der Waals surface area (Å²) in [5.74, 6) is -0.261. The Labute approximate surface area is 182 Å². The van der Waals surface area contributed by atoms with Crippen LogP contribution in [-0.4, -0.2) is 43.4 Å². The van der Waals surface area contributed by atoms with Gasteiger partial charge in [-0.15, -0.1) is 0 Å². The van der Waals surface area contributed by atoms with Crippen LogP contribution in [0.15, 0.2) is 58.3 Å². The highest BCUT2D eigenvalue weighted by molar-refractivity contribution is 8.04. The summed E-state index contributed by atoms with van der Waals surface area (Å²) in [5, 5.41) is 5.89. The number of carbonyl (C=O) groups is 2. The van der Waals surface area contributed by atoms with Crippen LogP contribution in [0.1, 0.15) is 42.1 Å². The molecule has 158 valence electrons. The van der Waals surface area contributed by atoms with Gasteiger partial charge >= 0.3 is 0 Å². The van der Waals surface area contributed by atoms with E-state index in [0.29, 0.717) is 22.7 Å². The highest BCUT2D eigenvalue weighted by Gasteiger charge is 2.22. The molecule has 1 aliphatic heterocycles. The fourth-order valence-corrected chi connectivity index (χ4v) is 4.13. The van der Waals surface area contributed by atoms with Gasteiger partial charge in [0.2, 0.25) is 0 Å². The number of benzene rings is 2. The molecule has 5 nitrogen and oxygen atoms in total. The minimum atomic E-state index is -0.149. The van der Waals surface area contributed by atoms with E-state index in [1.54, 1.807) is 6.07 Å². The Kier molecular flexibility index (Phi) is 8.11. The molecule has 0 bridgehead atoms. The first-order valence-electron chi connectivity index (χ1n) is 10.4. The Hall–Kier alpha value is -2.57. The minimum Gasteiger partial charge on any atom is -0.352 e. The van der Waals surface area contributed by atoms with Crippen molar-refractivity contribution in [2.24, 2.45) is 0 Å². The third-order valence-corrected chi connectivity index (χ3v) is 6.03. The highest BCUT2D eigenvalue weighted by Crippen LogP contribution is 2.39. The normalized spacial score (nSPS) is 14.5. The molecule has 1 heterocycles. The number of amides is 2. The van der Waals surface area contributed by atoms with Gasteiger partial charge in [0.15, 0.2) is 0 Å². The fourth-order valence-electron chi connectivity index (χ4n) is 3.20. The molecule has 0 saturated carbocycles. The lowest BCUT2D eigenvalue weighted by atomic mass is 10.1. The van der Waals surface area contributed by atoms with Gasteiger partial charge in [0.05, 0.1) is 10.6 Å². The van der Waals surface area contributed by atoms with Crippen molar-refractivity contribution >= 4 is 35.3 Å². The van der Waals surface area contributed by atoms with Crippen LogP contribution in [0.3, 0.4) is 0 Å². The van der Waals surface area contributed by atoms with E-state index in [4.69, 9.17) is 0 Å². The summed E-state index contributed by atoms with van der Waals surface area (Å²) in [6.07, 6.45) is 5.18. The summed E-state index contributed by atoms with van der Waals surface area (Å²) in [4.78, 5) is 28.8. The number of carbonyl (C=O) groups excluding carboxylic acids is 2. The van der Waals surface area contributed by atoms with Crippen LogP contribution in [0, 0.1) is 0 Å². The molecule has 0 aliphatic carbocycles. The van der Waals surface area contributed by atoms with Crippen LogP contribution in [0.4, 0.5) is 5.69 Å². The van der Waals surface area contributed by atoms with Gasteiger partial charge in [-0.1, -0.05) is 55.4 Å². The number of fused-ring (bicyclic) bond motifs is 1. The number of rotatable bonds is 9. The maximum absolute atomic E-state index is 12.5. The van der Waals surface area contributed by atoms with Gasteiger partial charge in [-0.05, 0) is 62.8 Å². The van der Waals surface area contributed by atoms with Crippen LogP contribution < -0.4 is 10.6 Å². The van der Waals surface area contributed by atoms with E-state index >= 15 is 0 Å². The quantitative estimate of drug-likeness (QED) is 0.456. The van der Waals surface area contributed by atoms with E-state index in [1.807, 2.05) is 48.5 Å². The van der Waals surface area contributed by atoms with Crippen molar-refractivity contribution < 1.29 is 9.59 Å². The van der Waals surface area contributed by atoms with E-state index in [2.05, 4.69) is 29.5 Å². The monoisotopic (exact) mass is 423 g/mol. The van der Waals surface area contributed by atoms with Crippen molar-refractivity contribution in [3.8, 4) is 0 Å². The number of nitrogens with one attached hydrogen (secondary N) is 2. The van der Waals surface area contributed by atoms with Gasteiger partial charge in [-0.25, -0.2) is 0 Å². The zero-order valence-corrected chi connectivity index (χ0v) is 18.4. The van der Waals surface area contributed by atoms with Crippen LogP contribution in [0.25, 0.3) is 6.08 Å². The molecular weight excluding hydrogens is 394 g/mol. The molecule has 2 aromatic rings. The lowest BCUT2D eigenvalue weighted by Crippen LogP contribution is -2.29. The number of nitrogens with zero attached hydrogens (tertiary/aromatic N) is 1. The van der Waals surface area contributed by atoms with Crippen LogP contribution >= 0.6 is 11.8 Å². The molecule has 0 saturated heterocycles. The lowest BCUT2D eigenvalue weighted by Gasteiger charge is -2.19. The molecule has 1 aliphatic rings. The Morgan fingerprint density at radius 3 is 2.67 bits per heavy atom. The molecule has 0 aromatic heterocycles. The third-order valence-electron chi connectivity index (χ3n) is 4.93. The number of thioether (sulfide) groups is 1. The van der Waals surface area contributed by atoms with E-state index < -0.39 is 0 Å². The number of hydrogen-bond donors (Lipinski definition) is 2. The second-order valence-electron chi connectivity index (χ2n) is 7.45. The van der Waals surface area contributed by atoms with Gasteiger partial charge in [0, 0.05) is 17.0 Å². The van der Waals surface area contributed by atoms with Gasteiger partial charge in [0.1, 0.15) is 0 Å². The van der Waals surface area contributed by atoms with Crippen molar-refractivity contribution in [1.82, 2.24) is 10.2 Å². The summed E-state index contributed by atoms with van der Waals surface area (Å²) < 4.78 is 0. The number of anilines is 1. The molecule has 0 spiro atoms. The largest absolute Gasteiger partial charge is 0.352 e. The van der Waals surface area contributed by atoms with Crippen molar-refractivity contribution in [3.05, 3.63) is 64.6 Å². The maximum atomic E-state index is 12.5. The molecule has 0 atom stereocenters. The molecule has 6 heteroatoms. The summed E-state index contributed by atoms with van der Waals surface area (Å²) >= 11 is 1.42. The first-order chi connectivity index (χ1) is 14.6. The van der Waals surface area contributed by atoms with Crippen molar-refractivity contribution in [2.75, 3.05) is 32.0 Å². The summed E-state index contributed by atoms with van der Waals surface area (Å²) in [7, 11) is 2.11. The lowest BCUT2D eigenvalue weighted by molar-refractivity contribution is -0.112. The van der Waals surface area contributed by atoms with E-state index in [9.17, 15) is 9.59 Å². The molecule has 2 amide bonds. The van der Waals surface area contributed by atoms with E-state index in [0.717, 1.165) is 30.0 Å². The van der Waals surface area contributed by atoms with Gasteiger partial charge < -0.3 is 15.5 Å². The third kappa shape index (κ3) is 6.21. The molecule has 3 rings (SSSR count). The summed E-state index contributed by atoms with van der Waals surface area (Å²) in [6, 6.07) is 15.2. The molecule has 0 unspecified atom stereocenters. The Morgan fingerprint density at radius 2 is 1.90 bits per heavy atom. The van der Waals surface area contributed by atoms with Crippen LogP contribution in [0.5, 0.6) is 0 Å². The minimum absolute atomic E-state index is 0.112. The first-order valence-corrected chi connectivity index (χ1v) is 11.2. The Balaban J connectivity index is 1.56. The predicted molar refractivity (Wildman–Crippen MR) is 125 cm³/mol. The van der Waals surface area contributed by atoms with E-state index in [-0.39, 0.29) is 11.8 Å². The van der Waals surface area contributed by atoms with E-state index in [1.165, 1.54) is 24.6 Å². The van der Waals surface area contributed by atoms with Gasteiger partial charge in [-0.2, -0.15) is 0 Å². The molecule has 0 fully saturated rings. The molecule has 2 N–H and O–H groups in total. The zero-order chi connectivity index (χ0) is 21.3. The van der Waals surface area contributed by atoms with Gasteiger partial charge in [-0.3, -0.25) is 9.59 Å². The predicted octanol–water partition coefficient (Wildman–Crippen LogP) is 4.62. The number of hydrogen-bond acceptors (Lipinski definition) is 4. The van der Waals surface area contributed by atoms with Crippen LogP contribution in [-0.2, 0) is 4.79 Å². The standard InChI is InChI=1S/C24H29N3O2S/c1-3-4-14-27(2)15-8-13-25-23(28)19-11-12-21-20(17-19)26-24(29)22(30-21)16-18-9-6-5-7-10-18/h5-7,9-12,16-17H,3-4,8,13-15H2,1-2H3,(H,25,28)(H,26,29)/b22-16-. The second kappa shape index (κ2) is 11.0. The maximum Gasteiger partial charge on any atom is 0.262 e. The SMILES string of the molecule is CCCCN(C)CCCNC(=O)c1ccc2c(c1)NC(=O)/C(=C/c1ccccc1)S2. The summed E-state index contributed by atoms with van der Waals surface area (Å²) in [6.45, 7) is 4.88. The fraction of sp³-hybridized carbons (Fsp3) is 0.333. The van der Waals surface area contributed by atoms with Crippen molar-refractivity contribution in [1.29, 1.82) is 0 Å². The van der Waals surface area contributed by atoms with Gasteiger partial charge in [0.25, 0.3) is 11.8 Å². The molecule has 2 aromatic carbocycles. The highest BCUT2D eigenvalue weighted by atomic mass is 32.2. The van der Waals surface area contributed by atoms with Crippen LogP contribution in [0.2, 0.25) is 0 Å². The average Bonchev–Trinajstić information content (AvgIpc) is 2.76. The van der Waals surface area contributed by atoms with Crippen molar-refractivity contribution in [3.63, 3.8) is 0 Å². The Morgan fingerprint density at radius 1 is 1.13 bits per heavy atom. The average molecular weight is 424 g/mol. The zero-order valence-electron chi connectivity index (χ0n) is 17.6.